The van der Waals surface area contributed by atoms with Crippen LogP contribution in [0.15, 0.2) is 29.1 Å². The topological polar surface area (TPSA) is 64.0 Å². The minimum absolute atomic E-state index is 0.0758. The number of rotatable bonds is 4. The lowest BCUT2D eigenvalue weighted by Crippen LogP contribution is -2.30. The van der Waals surface area contributed by atoms with Crippen LogP contribution in [0, 0.1) is 13.8 Å². The average Bonchev–Trinajstić information content (AvgIpc) is 2.46. The van der Waals surface area contributed by atoms with E-state index in [1.54, 1.807) is 19.1 Å². The van der Waals surface area contributed by atoms with E-state index in [0.29, 0.717) is 23.0 Å². The molecular formula is C16H18ClN3O2. The van der Waals surface area contributed by atoms with Crippen molar-refractivity contribution in [1.82, 2.24) is 9.55 Å². The van der Waals surface area contributed by atoms with E-state index in [9.17, 15) is 9.59 Å². The zero-order chi connectivity index (χ0) is 16.3. The van der Waals surface area contributed by atoms with Gasteiger partial charge in [-0.1, -0.05) is 24.6 Å². The van der Waals surface area contributed by atoms with E-state index < -0.39 is 0 Å². The van der Waals surface area contributed by atoms with Gasteiger partial charge in [-0.3, -0.25) is 14.2 Å². The van der Waals surface area contributed by atoms with Crippen molar-refractivity contribution in [3.05, 3.63) is 56.7 Å². The van der Waals surface area contributed by atoms with Crippen LogP contribution in [0.1, 0.15) is 24.0 Å². The number of amides is 1. The van der Waals surface area contributed by atoms with Crippen molar-refractivity contribution in [2.75, 3.05) is 5.32 Å². The highest BCUT2D eigenvalue weighted by Crippen LogP contribution is 2.20. The zero-order valence-corrected chi connectivity index (χ0v) is 13.6. The summed E-state index contributed by atoms with van der Waals surface area (Å²) in [5.41, 5.74) is 2.05. The molecule has 1 heterocycles. The van der Waals surface area contributed by atoms with Crippen LogP contribution in [0.4, 0.5) is 5.69 Å². The first-order valence-electron chi connectivity index (χ1n) is 7.04. The smallest absolute Gasteiger partial charge is 0.254 e. The fourth-order valence-electron chi connectivity index (χ4n) is 2.12. The fourth-order valence-corrected chi connectivity index (χ4v) is 2.29. The highest BCUT2D eigenvalue weighted by Gasteiger charge is 2.10. The summed E-state index contributed by atoms with van der Waals surface area (Å²) in [5, 5.41) is 3.32. The minimum Gasteiger partial charge on any atom is -0.324 e. The summed E-state index contributed by atoms with van der Waals surface area (Å²) in [6.45, 7) is 5.45. The monoisotopic (exact) mass is 319 g/mol. The van der Waals surface area contributed by atoms with Crippen molar-refractivity contribution in [1.29, 1.82) is 0 Å². The molecule has 0 bridgehead atoms. The predicted octanol–water partition coefficient (Wildman–Crippen LogP) is 2.71. The van der Waals surface area contributed by atoms with E-state index in [2.05, 4.69) is 10.3 Å². The fraction of sp³-hybridized carbons (Fsp3) is 0.312. The van der Waals surface area contributed by atoms with E-state index in [4.69, 9.17) is 11.6 Å². The van der Waals surface area contributed by atoms with E-state index in [1.807, 2.05) is 19.9 Å². The number of aryl methyl sites for hydroxylation is 3. The lowest BCUT2D eigenvalue weighted by Gasteiger charge is -2.12. The summed E-state index contributed by atoms with van der Waals surface area (Å²) >= 11 is 5.93. The Morgan fingerprint density at radius 3 is 2.68 bits per heavy atom. The van der Waals surface area contributed by atoms with Crippen LogP contribution < -0.4 is 10.9 Å². The normalized spacial score (nSPS) is 10.5. The highest BCUT2D eigenvalue weighted by atomic mass is 35.5. The molecule has 0 aliphatic heterocycles. The number of hydrogen-bond donors (Lipinski definition) is 1. The second kappa shape index (κ2) is 6.75. The molecule has 1 N–H and O–H groups in total. The van der Waals surface area contributed by atoms with Crippen LogP contribution in [0.5, 0.6) is 0 Å². The van der Waals surface area contributed by atoms with Gasteiger partial charge in [-0.05, 0) is 38.0 Å². The van der Waals surface area contributed by atoms with Gasteiger partial charge in [-0.15, -0.1) is 0 Å². The summed E-state index contributed by atoms with van der Waals surface area (Å²) in [4.78, 5) is 28.5. The maximum Gasteiger partial charge on any atom is 0.254 e. The molecule has 0 aliphatic carbocycles. The summed E-state index contributed by atoms with van der Waals surface area (Å²) in [6.07, 6.45) is 0.685. The number of carbonyl (C=O) groups is 1. The van der Waals surface area contributed by atoms with Gasteiger partial charge in [0.2, 0.25) is 5.91 Å². The van der Waals surface area contributed by atoms with Crippen LogP contribution in [-0.2, 0) is 17.8 Å². The average molecular weight is 320 g/mol. The Kier molecular flexibility index (Phi) is 4.98. The molecule has 22 heavy (non-hydrogen) atoms. The maximum absolute atomic E-state index is 12.2. The molecule has 116 valence electrons. The zero-order valence-electron chi connectivity index (χ0n) is 12.8. The van der Waals surface area contributed by atoms with Gasteiger partial charge in [0.25, 0.3) is 5.56 Å². The quantitative estimate of drug-likeness (QED) is 0.942. The van der Waals surface area contributed by atoms with Crippen LogP contribution in [-0.4, -0.2) is 15.5 Å². The van der Waals surface area contributed by atoms with Crippen molar-refractivity contribution >= 4 is 23.2 Å². The first-order chi connectivity index (χ1) is 10.4. The molecule has 0 aliphatic rings. The number of hydrogen-bond acceptors (Lipinski definition) is 3. The SMILES string of the molecule is CCc1cc(=O)n(CC(=O)Nc2cc(Cl)ccc2C)c(C)n1. The largest absolute Gasteiger partial charge is 0.324 e. The van der Waals surface area contributed by atoms with Crippen molar-refractivity contribution in [3.63, 3.8) is 0 Å². The number of halogens is 1. The number of anilines is 1. The number of benzene rings is 1. The number of nitrogens with one attached hydrogen (secondary N) is 1. The molecule has 0 saturated carbocycles. The molecule has 6 heteroatoms. The molecule has 1 aromatic carbocycles. The van der Waals surface area contributed by atoms with Crippen molar-refractivity contribution in [2.24, 2.45) is 0 Å². The predicted molar refractivity (Wildman–Crippen MR) is 87.4 cm³/mol. The minimum atomic E-state index is -0.290. The summed E-state index contributed by atoms with van der Waals surface area (Å²) in [7, 11) is 0. The van der Waals surface area contributed by atoms with Crippen molar-refractivity contribution in [3.8, 4) is 0 Å². The van der Waals surface area contributed by atoms with Gasteiger partial charge in [-0.2, -0.15) is 0 Å². The third-order valence-electron chi connectivity index (χ3n) is 3.39. The van der Waals surface area contributed by atoms with Gasteiger partial charge in [0.15, 0.2) is 0 Å². The van der Waals surface area contributed by atoms with Gasteiger partial charge in [0.1, 0.15) is 12.4 Å². The third kappa shape index (κ3) is 3.74. The molecule has 2 rings (SSSR count). The Morgan fingerprint density at radius 2 is 2.05 bits per heavy atom. The molecule has 0 spiro atoms. The van der Waals surface area contributed by atoms with Gasteiger partial charge in [-0.25, -0.2) is 4.98 Å². The van der Waals surface area contributed by atoms with E-state index in [1.165, 1.54) is 10.6 Å². The van der Waals surface area contributed by atoms with Gasteiger partial charge >= 0.3 is 0 Å². The molecule has 5 nitrogen and oxygen atoms in total. The van der Waals surface area contributed by atoms with E-state index >= 15 is 0 Å². The number of nitrogens with zero attached hydrogens (tertiary/aromatic N) is 2. The molecule has 0 atom stereocenters. The standard InChI is InChI=1S/C16H18ClN3O2/c1-4-13-8-16(22)20(11(3)18-13)9-15(21)19-14-7-12(17)6-5-10(14)2/h5-8H,4,9H2,1-3H3,(H,19,21). The molecule has 2 aromatic rings. The molecule has 0 fully saturated rings. The first-order valence-corrected chi connectivity index (χ1v) is 7.42. The van der Waals surface area contributed by atoms with E-state index in [0.717, 1.165) is 11.3 Å². The van der Waals surface area contributed by atoms with Crippen molar-refractivity contribution in [2.45, 2.75) is 33.7 Å². The van der Waals surface area contributed by atoms with Crippen LogP contribution in [0.2, 0.25) is 5.02 Å². The summed E-state index contributed by atoms with van der Waals surface area (Å²) in [6, 6.07) is 6.73. The summed E-state index contributed by atoms with van der Waals surface area (Å²) in [5.74, 6) is 0.240. The molecule has 0 saturated heterocycles. The summed E-state index contributed by atoms with van der Waals surface area (Å²) < 4.78 is 1.36. The number of aromatic nitrogens is 2. The Morgan fingerprint density at radius 1 is 1.32 bits per heavy atom. The lowest BCUT2D eigenvalue weighted by atomic mass is 10.2. The highest BCUT2D eigenvalue weighted by molar-refractivity contribution is 6.31. The number of carbonyl (C=O) groups excluding carboxylic acids is 1. The second-order valence-corrected chi connectivity index (χ2v) is 5.52. The van der Waals surface area contributed by atoms with Crippen LogP contribution in [0.25, 0.3) is 0 Å². The van der Waals surface area contributed by atoms with Crippen LogP contribution >= 0.6 is 11.6 Å². The Hall–Kier alpha value is -2.14. The lowest BCUT2D eigenvalue weighted by molar-refractivity contribution is -0.116. The van der Waals surface area contributed by atoms with Gasteiger partial charge in [0.05, 0.1) is 0 Å². The second-order valence-electron chi connectivity index (χ2n) is 5.08. The Balaban J connectivity index is 2.19. The molecule has 0 unspecified atom stereocenters. The maximum atomic E-state index is 12.2. The third-order valence-corrected chi connectivity index (χ3v) is 3.62. The molecule has 1 aromatic heterocycles. The van der Waals surface area contributed by atoms with E-state index in [-0.39, 0.29) is 18.0 Å². The van der Waals surface area contributed by atoms with Gasteiger partial charge < -0.3 is 5.32 Å². The van der Waals surface area contributed by atoms with Crippen LogP contribution in [0.3, 0.4) is 0 Å². The van der Waals surface area contributed by atoms with Crippen molar-refractivity contribution < 1.29 is 4.79 Å². The molecular weight excluding hydrogens is 302 g/mol. The van der Waals surface area contributed by atoms with Gasteiger partial charge in [0, 0.05) is 22.5 Å². The molecule has 0 radical (unpaired) electrons. The Bertz CT molecular complexity index is 768. The Labute approximate surface area is 134 Å². The molecule has 1 amide bonds. The first kappa shape index (κ1) is 16.2.